The maximum absolute atomic E-state index is 14.3. The average molecular weight is 443 g/mol. The van der Waals surface area contributed by atoms with Crippen molar-refractivity contribution in [1.29, 1.82) is 5.41 Å². The lowest BCUT2D eigenvalue weighted by Gasteiger charge is -2.34. The highest BCUT2D eigenvalue weighted by atomic mass is 32.2. The van der Waals surface area contributed by atoms with Crippen LogP contribution >= 0.6 is 11.8 Å². The molecule has 1 fully saturated rings. The number of aromatic nitrogens is 1. The quantitative estimate of drug-likeness (QED) is 0.425. The van der Waals surface area contributed by atoms with E-state index in [1.807, 2.05) is 31.2 Å². The Balaban J connectivity index is 1.63. The van der Waals surface area contributed by atoms with Crippen molar-refractivity contribution in [3.8, 4) is 0 Å². The van der Waals surface area contributed by atoms with E-state index in [1.165, 1.54) is 11.8 Å². The zero-order valence-electron chi connectivity index (χ0n) is 18.5. The lowest BCUT2D eigenvalue weighted by atomic mass is 9.94. The minimum Gasteiger partial charge on any atom is -0.310 e. The molecule has 1 aliphatic heterocycles. The second-order valence-corrected chi connectivity index (χ2v) is 9.83. The molecule has 5 nitrogen and oxygen atoms in total. The molecule has 1 atom stereocenters. The van der Waals surface area contributed by atoms with Crippen LogP contribution in [0.2, 0.25) is 0 Å². The van der Waals surface area contributed by atoms with Crippen molar-refractivity contribution >= 4 is 44.2 Å². The van der Waals surface area contributed by atoms with Gasteiger partial charge < -0.3 is 10.2 Å². The van der Waals surface area contributed by atoms with Crippen molar-refractivity contribution < 1.29 is 9.18 Å². The first-order chi connectivity index (χ1) is 14.7. The smallest absolute Gasteiger partial charge is 0.228 e. The molecule has 7 heteroatoms. The SMILES string of the molecule is C=C(SC(C)=N)c1ccc2cnc(NC(=O)C3CCN(CC(C)(F)CC)CC3)cc2c1. The molecule has 166 valence electrons. The molecule has 1 aromatic heterocycles. The van der Waals surface area contributed by atoms with Gasteiger partial charge >= 0.3 is 0 Å². The third-order valence-electron chi connectivity index (χ3n) is 5.82. The zero-order valence-corrected chi connectivity index (χ0v) is 19.3. The minimum atomic E-state index is -1.18. The Morgan fingerprint density at radius 1 is 1.35 bits per heavy atom. The van der Waals surface area contributed by atoms with Crippen molar-refractivity contribution in [2.24, 2.45) is 5.92 Å². The molecule has 1 saturated heterocycles. The van der Waals surface area contributed by atoms with Crippen LogP contribution in [0.25, 0.3) is 15.7 Å². The number of halogens is 1. The van der Waals surface area contributed by atoms with Crippen LogP contribution in [0.5, 0.6) is 0 Å². The van der Waals surface area contributed by atoms with E-state index < -0.39 is 5.67 Å². The number of carbonyl (C=O) groups is 1. The van der Waals surface area contributed by atoms with E-state index in [0.29, 0.717) is 23.8 Å². The number of thioether (sulfide) groups is 1. The topological polar surface area (TPSA) is 69.1 Å². The van der Waals surface area contributed by atoms with Crippen LogP contribution in [0.1, 0.15) is 45.6 Å². The second kappa shape index (κ2) is 9.92. The first kappa shape index (κ1) is 23.4. The van der Waals surface area contributed by atoms with Gasteiger partial charge in [-0.3, -0.25) is 10.2 Å². The number of likely N-dealkylation sites (tertiary alicyclic amines) is 1. The Morgan fingerprint density at radius 2 is 2.06 bits per heavy atom. The van der Waals surface area contributed by atoms with Crippen molar-refractivity contribution in [1.82, 2.24) is 9.88 Å². The Hall–Kier alpha value is -2.25. The number of hydrogen-bond acceptors (Lipinski definition) is 5. The van der Waals surface area contributed by atoms with Gasteiger partial charge in [0.05, 0.1) is 5.04 Å². The predicted molar refractivity (Wildman–Crippen MR) is 129 cm³/mol. The van der Waals surface area contributed by atoms with Crippen LogP contribution in [0.3, 0.4) is 0 Å². The third-order valence-corrected chi connectivity index (χ3v) is 6.61. The summed E-state index contributed by atoms with van der Waals surface area (Å²) in [4.78, 5) is 20.1. The van der Waals surface area contributed by atoms with Gasteiger partial charge in [-0.05, 0) is 69.3 Å². The molecule has 3 rings (SSSR count). The van der Waals surface area contributed by atoms with Crippen LogP contribution in [0.15, 0.2) is 37.0 Å². The van der Waals surface area contributed by atoms with Gasteiger partial charge in [0.25, 0.3) is 0 Å². The van der Waals surface area contributed by atoms with Crippen LogP contribution in [0.4, 0.5) is 10.2 Å². The van der Waals surface area contributed by atoms with Crippen LogP contribution in [-0.2, 0) is 4.79 Å². The molecule has 2 heterocycles. The fourth-order valence-corrected chi connectivity index (χ4v) is 4.40. The van der Waals surface area contributed by atoms with Crippen LogP contribution < -0.4 is 5.32 Å². The van der Waals surface area contributed by atoms with Crippen LogP contribution in [0, 0.1) is 11.3 Å². The number of carbonyl (C=O) groups excluding carboxylic acids is 1. The minimum absolute atomic E-state index is 0.0273. The number of benzene rings is 1. The number of rotatable bonds is 7. The maximum Gasteiger partial charge on any atom is 0.228 e. The summed E-state index contributed by atoms with van der Waals surface area (Å²) in [6.07, 6.45) is 3.70. The normalized spacial score (nSPS) is 17.3. The number of alkyl halides is 1. The number of piperidine rings is 1. The highest BCUT2D eigenvalue weighted by Gasteiger charge is 2.30. The van der Waals surface area contributed by atoms with E-state index >= 15 is 0 Å². The molecule has 1 aromatic carbocycles. The molecular weight excluding hydrogens is 411 g/mol. The van der Waals surface area contributed by atoms with Crippen molar-refractivity contribution in [3.05, 3.63) is 42.6 Å². The van der Waals surface area contributed by atoms with Crippen molar-refractivity contribution in [2.75, 3.05) is 25.0 Å². The van der Waals surface area contributed by atoms with Gasteiger partial charge in [-0.2, -0.15) is 0 Å². The maximum atomic E-state index is 14.3. The molecule has 0 spiro atoms. The molecule has 0 bridgehead atoms. The van der Waals surface area contributed by atoms with Crippen molar-refractivity contribution in [2.45, 2.75) is 45.7 Å². The summed E-state index contributed by atoms with van der Waals surface area (Å²) in [5.74, 6) is 0.417. The van der Waals surface area contributed by atoms with E-state index in [1.54, 1.807) is 20.0 Å². The number of anilines is 1. The fourth-order valence-electron chi connectivity index (χ4n) is 3.79. The molecule has 0 radical (unpaired) electrons. The molecule has 2 N–H and O–H groups in total. The number of amides is 1. The van der Waals surface area contributed by atoms with E-state index in [0.717, 1.165) is 47.2 Å². The highest BCUT2D eigenvalue weighted by Crippen LogP contribution is 2.29. The number of fused-ring (bicyclic) bond motifs is 1. The first-order valence-electron chi connectivity index (χ1n) is 10.7. The zero-order chi connectivity index (χ0) is 22.6. The summed E-state index contributed by atoms with van der Waals surface area (Å²) in [7, 11) is 0. The Morgan fingerprint density at radius 3 is 2.71 bits per heavy atom. The van der Waals surface area contributed by atoms with Gasteiger partial charge in [0.1, 0.15) is 11.5 Å². The molecule has 0 aliphatic carbocycles. The van der Waals surface area contributed by atoms with Gasteiger partial charge in [0.15, 0.2) is 0 Å². The third kappa shape index (κ3) is 6.37. The molecular formula is C24H31FN4OS. The summed E-state index contributed by atoms with van der Waals surface area (Å²) < 4.78 is 14.3. The van der Waals surface area contributed by atoms with E-state index in [-0.39, 0.29) is 11.8 Å². The largest absolute Gasteiger partial charge is 0.310 e. The van der Waals surface area contributed by atoms with E-state index in [4.69, 9.17) is 5.41 Å². The number of hydrogen-bond donors (Lipinski definition) is 2. The van der Waals surface area contributed by atoms with Gasteiger partial charge in [-0.1, -0.05) is 37.4 Å². The fraction of sp³-hybridized carbons (Fsp3) is 0.458. The van der Waals surface area contributed by atoms with Gasteiger partial charge in [0.2, 0.25) is 5.91 Å². The summed E-state index contributed by atoms with van der Waals surface area (Å²) in [6, 6.07) is 7.82. The Bertz CT molecular complexity index is 983. The second-order valence-electron chi connectivity index (χ2n) is 8.52. The van der Waals surface area contributed by atoms with Gasteiger partial charge in [-0.25, -0.2) is 9.37 Å². The van der Waals surface area contributed by atoms with E-state index in [2.05, 4.69) is 21.8 Å². The first-order valence-corrected chi connectivity index (χ1v) is 11.5. The van der Waals surface area contributed by atoms with Gasteiger partial charge in [-0.15, -0.1) is 0 Å². The summed E-state index contributed by atoms with van der Waals surface area (Å²) in [6.45, 7) is 11.2. The summed E-state index contributed by atoms with van der Waals surface area (Å²) >= 11 is 1.33. The molecule has 2 aromatic rings. The summed E-state index contributed by atoms with van der Waals surface area (Å²) in [5, 5.41) is 13.0. The molecule has 0 saturated carbocycles. The lowest BCUT2D eigenvalue weighted by molar-refractivity contribution is -0.121. The van der Waals surface area contributed by atoms with E-state index in [9.17, 15) is 9.18 Å². The molecule has 1 unspecified atom stereocenters. The monoisotopic (exact) mass is 442 g/mol. The molecule has 31 heavy (non-hydrogen) atoms. The summed E-state index contributed by atoms with van der Waals surface area (Å²) in [5.41, 5.74) is -0.226. The number of nitrogens with one attached hydrogen (secondary N) is 2. The Labute approximate surface area is 188 Å². The standard InChI is InChI=1S/C24H31FN4OS/c1-5-24(4,25)15-29-10-8-18(9-11-29)23(30)28-22-13-21-12-19(16(2)31-17(3)26)6-7-20(21)14-27-22/h6-7,12-14,18,26H,2,5,8-11,15H2,1,3-4H3,(H,27,28,30). The van der Waals surface area contributed by atoms with Crippen LogP contribution in [-0.4, -0.2) is 46.1 Å². The predicted octanol–water partition coefficient (Wildman–Crippen LogP) is 5.72. The molecule has 1 aliphatic rings. The number of nitrogens with zero attached hydrogens (tertiary/aromatic N) is 2. The highest BCUT2D eigenvalue weighted by molar-refractivity contribution is 8.21. The molecule has 1 amide bonds. The average Bonchev–Trinajstić information content (AvgIpc) is 2.73. The van der Waals surface area contributed by atoms with Crippen molar-refractivity contribution in [3.63, 3.8) is 0 Å². The Kier molecular flexibility index (Phi) is 7.49. The number of pyridine rings is 1. The van der Waals surface area contributed by atoms with Gasteiger partial charge in [0, 0.05) is 29.0 Å². The lowest BCUT2D eigenvalue weighted by Crippen LogP contribution is -2.44.